The summed E-state index contributed by atoms with van der Waals surface area (Å²) in [7, 11) is 0. The zero-order valence-electron chi connectivity index (χ0n) is 92.1. The first kappa shape index (κ1) is 131. The van der Waals surface area contributed by atoms with Crippen LogP contribution in [0.25, 0.3) is 16.9 Å². The molecular weight excluding hydrogens is 1660 g/mol. The van der Waals surface area contributed by atoms with E-state index in [9.17, 15) is 5.53 Å². The van der Waals surface area contributed by atoms with E-state index in [-0.39, 0.29) is 16.5 Å². The summed E-state index contributed by atoms with van der Waals surface area (Å²) in [5.41, 5.74) is 22.7. The van der Waals surface area contributed by atoms with Crippen LogP contribution in [0.1, 0.15) is 699 Å². The Labute approximate surface area is 854 Å². The summed E-state index contributed by atoms with van der Waals surface area (Å²) in [5.74, 6) is 0. The van der Waals surface area contributed by atoms with Crippen LogP contribution >= 0.6 is 0 Å². The Morgan fingerprint density at radius 3 is 0.604 bits per heavy atom. The molecule has 0 aliphatic carbocycles. The van der Waals surface area contributed by atoms with Gasteiger partial charge in [0.2, 0.25) is 11.4 Å². The molecule has 2 aromatic carbocycles. The van der Waals surface area contributed by atoms with Crippen molar-refractivity contribution in [3.8, 4) is 0 Å². The molecule has 2 aromatic rings. The van der Waals surface area contributed by atoms with E-state index < -0.39 is 0 Å². The summed E-state index contributed by atoms with van der Waals surface area (Å²) in [6.07, 6.45) is 155. The number of allylic oxidation sites excluding steroid dienone is 8. The molecule has 782 valence electrons. The van der Waals surface area contributed by atoms with Crippen LogP contribution in [-0.2, 0) is 29.3 Å². The van der Waals surface area contributed by atoms with Gasteiger partial charge in [-0.25, -0.2) is 4.70 Å². The van der Waals surface area contributed by atoms with Gasteiger partial charge in [-0.1, -0.05) is 673 Å². The predicted octanol–water partition coefficient (Wildman–Crippen LogP) is 48.0. The maximum absolute atomic E-state index is 13.0. The van der Waals surface area contributed by atoms with Crippen molar-refractivity contribution in [3.05, 3.63) is 138 Å². The Bertz CT molecular complexity index is 2730. The van der Waals surface area contributed by atoms with Gasteiger partial charge >= 0.3 is 16.5 Å². The number of hydrogen-bond donors (Lipinski definition) is 0. The van der Waals surface area contributed by atoms with Crippen molar-refractivity contribution in [1.82, 2.24) is 0 Å². The van der Waals surface area contributed by atoms with Crippen molar-refractivity contribution in [2.24, 2.45) is 0 Å². The average Bonchev–Trinajstić information content (AvgIpc) is 1.60. The molecule has 3 rings (SSSR count). The minimum atomic E-state index is 0. The van der Waals surface area contributed by atoms with Crippen LogP contribution in [0.15, 0.2) is 96.1 Å². The molecule has 3 heteroatoms. The SMILES string of the molecule is CCCCCCCCCCCCCC=CC1=C(c2ccccc2CCC=CCCCCCCCCCCCCCCCCCCCCCCCCCC)[N+](=[N-])C(c2ccccc2CCC=CCCCCCCCCCCCCCCCCCCCCCCCCCC)=C1CCCCCCCC.[CH2-]CCCCCCCCCCCCCCC.[CH2-]CCCCCCCCCCCCCCC.[Ni+2]. The van der Waals surface area contributed by atoms with E-state index in [0.29, 0.717) is 0 Å². The Balaban J connectivity index is 0.00000449. The molecule has 0 spiro atoms. The summed E-state index contributed by atoms with van der Waals surface area (Å²) in [4.78, 5) is 0. The van der Waals surface area contributed by atoms with E-state index in [1.54, 1.807) is 4.70 Å². The third-order valence-electron chi connectivity index (χ3n) is 29.5. The van der Waals surface area contributed by atoms with Crippen molar-refractivity contribution in [1.29, 1.82) is 0 Å². The molecule has 0 amide bonds. The van der Waals surface area contributed by atoms with Crippen molar-refractivity contribution in [2.75, 3.05) is 0 Å². The normalized spacial score (nSPS) is 12.3. The molecule has 0 fully saturated rings. The van der Waals surface area contributed by atoms with Crippen LogP contribution in [0.5, 0.6) is 0 Å². The summed E-state index contributed by atoms with van der Waals surface area (Å²) < 4.78 is 1.67. The maximum atomic E-state index is 13.0. The number of hydrogen-bond acceptors (Lipinski definition) is 0. The van der Waals surface area contributed by atoms with Gasteiger partial charge in [0.15, 0.2) is 0 Å². The van der Waals surface area contributed by atoms with Gasteiger partial charge in [0.1, 0.15) is 0 Å². The fourth-order valence-corrected chi connectivity index (χ4v) is 20.5. The van der Waals surface area contributed by atoms with Crippen LogP contribution in [-0.4, -0.2) is 4.70 Å². The van der Waals surface area contributed by atoms with Gasteiger partial charge in [0.05, 0.1) is 5.57 Å². The van der Waals surface area contributed by atoms with E-state index in [2.05, 4.69) is 140 Å². The zero-order valence-corrected chi connectivity index (χ0v) is 93.1. The minimum absolute atomic E-state index is 0. The molecule has 0 atom stereocenters. The van der Waals surface area contributed by atoms with E-state index in [4.69, 9.17) is 0 Å². The van der Waals surface area contributed by atoms with Gasteiger partial charge in [0, 0.05) is 16.7 Å². The first-order valence-corrected chi connectivity index (χ1v) is 61.7. The van der Waals surface area contributed by atoms with Gasteiger partial charge in [-0.2, -0.15) is 12.8 Å². The molecule has 134 heavy (non-hydrogen) atoms. The zero-order chi connectivity index (χ0) is 95.5. The molecule has 0 saturated carbocycles. The molecule has 0 saturated heterocycles. The Kier molecular flexibility index (Phi) is 110. The average molecular weight is 1900 g/mol. The molecule has 1 heterocycles. The molecule has 1 aliphatic rings. The molecule has 0 bridgehead atoms. The van der Waals surface area contributed by atoms with Gasteiger partial charge in [-0.15, -0.1) is 0 Å². The van der Waals surface area contributed by atoms with Gasteiger partial charge in [0.25, 0.3) is 0 Å². The molecule has 2 nitrogen and oxygen atoms in total. The topological polar surface area (TPSA) is 25.3 Å². The molecule has 0 radical (unpaired) electrons. The van der Waals surface area contributed by atoms with Gasteiger partial charge in [-0.05, 0) is 100 Å². The van der Waals surface area contributed by atoms with Crippen LogP contribution in [0, 0.1) is 13.8 Å². The van der Waals surface area contributed by atoms with Crippen molar-refractivity contribution < 1.29 is 21.2 Å². The summed E-state index contributed by atoms with van der Waals surface area (Å²) in [6.45, 7) is 21.6. The summed E-state index contributed by atoms with van der Waals surface area (Å²) in [5, 5.41) is 0. The maximum Gasteiger partial charge on any atom is 2.00 e. The molecular formula is C131H238N2Ni. The minimum Gasteiger partial charge on any atom is -0.493 e. The molecule has 1 aliphatic heterocycles. The quantitative estimate of drug-likeness (QED) is 0.0207. The molecule has 0 aromatic heterocycles. The second-order valence-corrected chi connectivity index (χ2v) is 42.5. The number of benzene rings is 2. The second-order valence-electron chi connectivity index (χ2n) is 42.5. The Morgan fingerprint density at radius 1 is 0.201 bits per heavy atom. The smallest absolute Gasteiger partial charge is 0.493 e. The van der Waals surface area contributed by atoms with Gasteiger partial charge in [-0.3, -0.25) is 0 Å². The fourth-order valence-electron chi connectivity index (χ4n) is 20.5. The van der Waals surface area contributed by atoms with Crippen LogP contribution in [0.2, 0.25) is 0 Å². The number of aryl methyl sites for hydroxylation is 2. The largest absolute Gasteiger partial charge is 2.00 e. The van der Waals surface area contributed by atoms with Crippen LogP contribution in [0.4, 0.5) is 0 Å². The summed E-state index contributed by atoms with van der Waals surface area (Å²) >= 11 is 0. The third kappa shape index (κ3) is 87.1. The van der Waals surface area contributed by atoms with Crippen molar-refractivity contribution >= 4 is 11.4 Å². The first-order chi connectivity index (χ1) is 66.0. The molecule has 0 N–H and O–H groups in total. The fraction of sp³-hybridized carbons (Fsp3) is 0.817. The number of unbranched alkanes of at least 4 members (excludes halogenated alkanes) is 90. The van der Waals surface area contributed by atoms with Gasteiger partial charge < -0.3 is 19.4 Å². The van der Waals surface area contributed by atoms with E-state index >= 15 is 0 Å². The summed E-state index contributed by atoms with van der Waals surface area (Å²) in [6, 6.07) is 18.2. The van der Waals surface area contributed by atoms with Crippen LogP contribution < -0.4 is 0 Å². The van der Waals surface area contributed by atoms with Crippen molar-refractivity contribution in [3.63, 3.8) is 0 Å². The molecule has 0 unspecified atom stereocenters. The number of nitrogens with zero attached hydrogens (tertiary/aromatic N) is 2. The van der Waals surface area contributed by atoms with E-state index in [0.717, 1.165) is 69.2 Å². The van der Waals surface area contributed by atoms with Crippen molar-refractivity contribution in [2.45, 2.75) is 690 Å². The third-order valence-corrected chi connectivity index (χ3v) is 29.5. The number of rotatable bonds is 104. The van der Waals surface area contributed by atoms with E-state index in [1.807, 2.05) is 0 Å². The first-order valence-electron chi connectivity index (χ1n) is 61.7. The van der Waals surface area contributed by atoms with E-state index in [1.165, 1.54) is 624 Å². The standard InChI is InChI=1S/C99H172N2.2C16H33.Ni/c1-5-9-13-17-21-24-27-30-32-34-36-38-40-42-44-46-48-50-52-54-56-58-61-63-66-69-72-76-84-92-86-80-82-88-94(92)98-96(90-78-74-20-16-12-8-4)97(91-79-75-71-68-65-60-29-26-23-19-15-11-7-3)99(101(98)100)95-89-83-81-87-93(95)85-77-73-70-67-64-62-59-57-55-53-51-49-47-45-43-41-39-37-35-33-31-28-25-22-18-14-10-6-2;2*1-3-5-7-9-11-13-15-16-14-12-10-8-6-4-2;/h69-70,72-73,79-83,86-89,91H,5-68,71,74-78,84-85,90H2,1-4H3;2*1,3-16H2,2H3;/q;2*-1;+2. The monoisotopic (exact) mass is 1900 g/mol. The predicted molar refractivity (Wildman–Crippen MR) is 607 cm³/mol. The van der Waals surface area contributed by atoms with Crippen LogP contribution in [0.3, 0.4) is 0 Å². The second kappa shape index (κ2) is 112. The Hall–Kier alpha value is -2.77. The Morgan fingerprint density at radius 2 is 0.381 bits per heavy atom.